The van der Waals surface area contributed by atoms with Crippen LogP contribution in [0.2, 0.25) is 0 Å². The molecular formula is C23H46O8. The van der Waals surface area contributed by atoms with Crippen LogP contribution in [0.4, 0.5) is 0 Å². The van der Waals surface area contributed by atoms with Crippen LogP contribution < -0.4 is 0 Å². The first-order valence-corrected chi connectivity index (χ1v) is 11.9. The van der Waals surface area contributed by atoms with Crippen molar-refractivity contribution in [2.45, 2.75) is 58.8 Å². The Morgan fingerprint density at radius 2 is 0.774 bits per heavy atom. The van der Waals surface area contributed by atoms with E-state index in [-0.39, 0.29) is 12.6 Å². The van der Waals surface area contributed by atoms with Gasteiger partial charge in [-0.25, -0.2) is 0 Å². The number of carbonyl (C=O) groups excluding carboxylic acids is 1. The van der Waals surface area contributed by atoms with Crippen molar-refractivity contribution in [1.29, 1.82) is 0 Å². The lowest BCUT2D eigenvalue weighted by Crippen LogP contribution is -2.14. The molecule has 0 saturated carbocycles. The van der Waals surface area contributed by atoms with Gasteiger partial charge < -0.3 is 33.2 Å². The molecule has 0 rings (SSSR count). The van der Waals surface area contributed by atoms with E-state index in [1.165, 1.54) is 45.4 Å². The second-order valence-electron chi connectivity index (χ2n) is 7.14. The molecule has 0 aromatic rings. The average molecular weight is 451 g/mol. The Morgan fingerprint density at radius 1 is 0.452 bits per heavy atom. The SMILES string of the molecule is CCCCCCCCCOCCOCCOCCOCCOCCOCCOC(C)=O. The molecule has 0 aliphatic carbocycles. The lowest BCUT2D eigenvalue weighted by atomic mass is 10.1. The number of carbonyl (C=O) groups is 1. The van der Waals surface area contributed by atoms with Gasteiger partial charge in [0.2, 0.25) is 0 Å². The molecule has 8 nitrogen and oxygen atoms in total. The number of hydrogen-bond acceptors (Lipinski definition) is 8. The molecule has 0 bridgehead atoms. The molecule has 0 amide bonds. The van der Waals surface area contributed by atoms with E-state index >= 15 is 0 Å². The number of hydrogen-bond donors (Lipinski definition) is 0. The minimum atomic E-state index is -0.299. The van der Waals surface area contributed by atoms with Crippen molar-refractivity contribution in [2.24, 2.45) is 0 Å². The van der Waals surface area contributed by atoms with Crippen LogP contribution in [0.25, 0.3) is 0 Å². The van der Waals surface area contributed by atoms with Gasteiger partial charge in [0.1, 0.15) is 6.61 Å². The molecular weight excluding hydrogens is 404 g/mol. The molecule has 0 spiro atoms. The Morgan fingerprint density at radius 3 is 1.16 bits per heavy atom. The monoisotopic (exact) mass is 450 g/mol. The van der Waals surface area contributed by atoms with Gasteiger partial charge >= 0.3 is 5.97 Å². The lowest BCUT2D eigenvalue weighted by Gasteiger charge is -2.08. The fraction of sp³-hybridized carbons (Fsp3) is 0.957. The Hall–Kier alpha value is -0.770. The molecule has 31 heavy (non-hydrogen) atoms. The largest absolute Gasteiger partial charge is 0.463 e. The van der Waals surface area contributed by atoms with E-state index in [0.29, 0.717) is 72.7 Å². The zero-order valence-electron chi connectivity index (χ0n) is 19.9. The summed E-state index contributed by atoms with van der Waals surface area (Å²) in [4.78, 5) is 10.5. The summed E-state index contributed by atoms with van der Waals surface area (Å²) in [5.41, 5.74) is 0. The van der Waals surface area contributed by atoms with Crippen LogP contribution in [0.1, 0.15) is 58.8 Å². The maximum absolute atomic E-state index is 10.5. The van der Waals surface area contributed by atoms with E-state index in [1.807, 2.05) is 0 Å². The van der Waals surface area contributed by atoms with E-state index in [1.54, 1.807) is 0 Å². The third kappa shape index (κ3) is 29.2. The number of rotatable bonds is 26. The van der Waals surface area contributed by atoms with Gasteiger partial charge in [-0.15, -0.1) is 0 Å². The predicted molar refractivity (Wildman–Crippen MR) is 120 cm³/mol. The molecule has 0 aliphatic rings. The van der Waals surface area contributed by atoms with Gasteiger partial charge in [0.15, 0.2) is 0 Å². The second kappa shape index (κ2) is 27.3. The molecule has 0 saturated heterocycles. The molecule has 8 heteroatoms. The van der Waals surface area contributed by atoms with Crippen molar-refractivity contribution in [3.8, 4) is 0 Å². The van der Waals surface area contributed by atoms with Gasteiger partial charge in [-0.2, -0.15) is 0 Å². The second-order valence-corrected chi connectivity index (χ2v) is 7.14. The summed E-state index contributed by atoms with van der Waals surface area (Å²) in [6, 6.07) is 0. The Labute approximate surface area is 189 Å². The lowest BCUT2D eigenvalue weighted by molar-refractivity contribution is -0.142. The standard InChI is InChI=1S/C23H46O8/c1-3-4-5-6-7-8-9-10-25-11-12-26-13-14-27-15-16-28-17-18-29-19-20-30-21-22-31-23(2)24/h3-22H2,1-2H3. The normalized spacial score (nSPS) is 11.2. The number of ether oxygens (including phenoxy) is 7. The minimum absolute atomic E-state index is 0.274. The summed E-state index contributed by atoms with van der Waals surface area (Å²) < 4.78 is 37.3. The number of esters is 1. The average Bonchev–Trinajstić information content (AvgIpc) is 2.76. The van der Waals surface area contributed by atoms with Crippen LogP contribution in [-0.4, -0.2) is 91.9 Å². The molecule has 0 aliphatic heterocycles. The first-order chi connectivity index (χ1) is 15.3. The van der Waals surface area contributed by atoms with Crippen LogP contribution in [0.3, 0.4) is 0 Å². The summed E-state index contributed by atoms with van der Waals surface area (Å²) in [6.45, 7) is 10.5. The first kappa shape index (κ1) is 30.2. The minimum Gasteiger partial charge on any atom is -0.463 e. The summed E-state index contributed by atoms with van der Waals surface area (Å²) >= 11 is 0. The number of unbranched alkanes of at least 4 members (excludes halogenated alkanes) is 6. The van der Waals surface area contributed by atoms with Crippen molar-refractivity contribution in [3.05, 3.63) is 0 Å². The van der Waals surface area contributed by atoms with E-state index in [2.05, 4.69) is 6.92 Å². The van der Waals surface area contributed by atoms with E-state index < -0.39 is 0 Å². The van der Waals surface area contributed by atoms with Gasteiger partial charge in [-0.1, -0.05) is 45.4 Å². The topological polar surface area (TPSA) is 81.7 Å². The van der Waals surface area contributed by atoms with E-state index in [4.69, 9.17) is 33.2 Å². The van der Waals surface area contributed by atoms with Crippen LogP contribution in [0.15, 0.2) is 0 Å². The van der Waals surface area contributed by atoms with Crippen LogP contribution in [0, 0.1) is 0 Å². The molecule has 186 valence electrons. The molecule has 0 radical (unpaired) electrons. The highest BCUT2D eigenvalue weighted by Gasteiger charge is 1.96. The third-order valence-corrected chi connectivity index (χ3v) is 4.29. The van der Waals surface area contributed by atoms with Crippen molar-refractivity contribution >= 4 is 5.97 Å². The quantitative estimate of drug-likeness (QED) is 0.146. The third-order valence-electron chi connectivity index (χ3n) is 4.29. The Bertz CT molecular complexity index is 354. The molecule has 0 unspecified atom stereocenters. The summed E-state index contributed by atoms with van der Waals surface area (Å²) in [6.07, 6.45) is 9.11. The predicted octanol–water partition coefficient (Wildman–Crippen LogP) is 3.40. The summed E-state index contributed by atoms with van der Waals surface area (Å²) in [7, 11) is 0. The molecule has 0 N–H and O–H groups in total. The van der Waals surface area contributed by atoms with Crippen LogP contribution >= 0.6 is 0 Å². The van der Waals surface area contributed by atoms with E-state index in [9.17, 15) is 4.79 Å². The van der Waals surface area contributed by atoms with Gasteiger partial charge in [0.25, 0.3) is 0 Å². The molecule has 0 aromatic heterocycles. The molecule has 0 fully saturated rings. The Kier molecular flexibility index (Phi) is 26.6. The fourth-order valence-corrected chi connectivity index (χ4v) is 2.61. The molecule has 0 heterocycles. The van der Waals surface area contributed by atoms with Gasteiger partial charge in [-0.05, 0) is 6.42 Å². The van der Waals surface area contributed by atoms with Gasteiger partial charge in [0.05, 0.1) is 72.7 Å². The molecule has 0 atom stereocenters. The maximum Gasteiger partial charge on any atom is 0.302 e. The summed E-state index contributed by atoms with van der Waals surface area (Å²) in [5.74, 6) is -0.299. The van der Waals surface area contributed by atoms with Crippen molar-refractivity contribution in [2.75, 3.05) is 85.9 Å². The maximum atomic E-state index is 10.5. The zero-order chi connectivity index (χ0) is 22.7. The van der Waals surface area contributed by atoms with Crippen molar-refractivity contribution in [1.82, 2.24) is 0 Å². The smallest absolute Gasteiger partial charge is 0.302 e. The Balaban J connectivity index is 3.00. The van der Waals surface area contributed by atoms with Crippen LogP contribution in [0.5, 0.6) is 0 Å². The fourth-order valence-electron chi connectivity index (χ4n) is 2.61. The summed E-state index contributed by atoms with van der Waals surface area (Å²) in [5, 5.41) is 0. The van der Waals surface area contributed by atoms with E-state index in [0.717, 1.165) is 13.0 Å². The highest BCUT2D eigenvalue weighted by atomic mass is 16.6. The highest BCUT2D eigenvalue weighted by molar-refractivity contribution is 5.65. The van der Waals surface area contributed by atoms with Gasteiger partial charge in [0, 0.05) is 13.5 Å². The first-order valence-electron chi connectivity index (χ1n) is 11.9. The molecule has 0 aromatic carbocycles. The highest BCUT2D eigenvalue weighted by Crippen LogP contribution is 2.06. The van der Waals surface area contributed by atoms with Crippen molar-refractivity contribution < 1.29 is 38.0 Å². The zero-order valence-corrected chi connectivity index (χ0v) is 19.9. The van der Waals surface area contributed by atoms with Crippen molar-refractivity contribution in [3.63, 3.8) is 0 Å². The van der Waals surface area contributed by atoms with Crippen LogP contribution in [-0.2, 0) is 38.0 Å². The van der Waals surface area contributed by atoms with Gasteiger partial charge in [-0.3, -0.25) is 4.79 Å².